The van der Waals surface area contributed by atoms with Gasteiger partial charge in [-0.25, -0.2) is 4.79 Å². The number of halogens is 1. The number of ether oxygens (including phenoxy) is 3. The third-order valence-electron chi connectivity index (χ3n) is 7.01. The Labute approximate surface area is 211 Å². The van der Waals surface area contributed by atoms with Crippen molar-refractivity contribution in [2.45, 2.75) is 83.6 Å². The molecule has 1 N–H and O–H groups in total. The second kappa shape index (κ2) is 10.1. The smallest absolute Gasteiger partial charge is 0.415 e. The van der Waals surface area contributed by atoms with Gasteiger partial charge in [0.15, 0.2) is 0 Å². The second-order valence-corrected chi connectivity index (χ2v) is 11.2. The number of hydrogen-bond acceptors (Lipinski definition) is 6. The van der Waals surface area contributed by atoms with Crippen LogP contribution in [0.15, 0.2) is 21.3 Å². The minimum absolute atomic E-state index is 0.301. The average Bonchev–Trinajstić information content (AvgIpc) is 3.08. The van der Waals surface area contributed by atoms with Gasteiger partial charge in [-0.2, -0.15) is 10.2 Å². The van der Waals surface area contributed by atoms with Crippen LogP contribution in [0, 0.1) is 5.92 Å². The Morgan fingerprint density at radius 1 is 1.14 bits per heavy atom. The van der Waals surface area contributed by atoms with Crippen LogP contribution >= 0.6 is 11.6 Å². The summed E-state index contributed by atoms with van der Waals surface area (Å²) in [6.07, 6.45) is 9.94. The van der Waals surface area contributed by atoms with E-state index >= 15 is 0 Å². The third-order valence-corrected chi connectivity index (χ3v) is 7.28. The van der Waals surface area contributed by atoms with Gasteiger partial charge in [0.2, 0.25) is 0 Å². The standard InChI is InChI=1S/C26H35ClN4O4/c1-26(2,3)35-25(32)31-11-8-17(27)14-21-24(31)20-15-28-30-22(23(20)29-21)16-4-6-18(7-5-16)34-19-9-12-33-13-10-19/h8,14,16,18-19,29H,4-7,9-13,15H2,1-3H3/t16-,18+. The Bertz CT molecular complexity index is 1140. The molecule has 4 heterocycles. The Hall–Kier alpha value is -2.16. The molecule has 9 heteroatoms. The first-order valence-corrected chi connectivity index (χ1v) is 13.1. The first kappa shape index (κ1) is 24.5. The number of fused-ring (bicyclic) bond motifs is 3. The van der Waals surface area contributed by atoms with Gasteiger partial charge in [0, 0.05) is 36.3 Å². The van der Waals surface area contributed by atoms with Crippen molar-refractivity contribution >= 4 is 35.2 Å². The fraction of sp³-hybridized carbons (Fsp3) is 0.654. The minimum atomic E-state index is -0.598. The zero-order chi connectivity index (χ0) is 24.6. The number of rotatable bonds is 3. The Morgan fingerprint density at radius 2 is 1.86 bits per heavy atom. The van der Waals surface area contributed by atoms with Crippen molar-refractivity contribution in [3.8, 4) is 0 Å². The molecule has 1 saturated carbocycles. The number of H-pyrrole nitrogens is 1. The molecule has 190 valence electrons. The lowest BCUT2D eigenvalue weighted by atomic mass is 9.84. The van der Waals surface area contributed by atoms with Crippen molar-refractivity contribution in [2.75, 3.05) is 24.7 Å². The highest BCUT2D eigenvalue weighted by Gasteiger charge is 2.32. The van der Waals surface area contributed by atoms with Crippen molar-refractivity contribution in [1.29, 1.82) is 0 Å². The molecule has 1 saturated heterocycles. The summed E-state index contributed by atoms with van der Waals surface area (Å²) in [7, 11) is 0. The molecule has 0 spiro atoms. The van der Waals surface area contributed by atoms with Crippen molar-refractivity contribution in [3.05, 3.63) is 27.4 Å². The van der Waals surface area contributed by atoms with Gasteiger partial charge in [0.1, 0.15) is 5.60 Å². The van der Waals surface area contributed by atoms with Gasteiger partial charge in [-0.15, -0.1) is 0 Å². The molecule has 0 bridgehead atoms. The number of carbonyl (C=O) groups excluding carboxylic acids is 1. The lowest BCUT2D eigenvalue weighted by Gasteiger charge is -2.33. The van der Waals surface area contributed by atoms with Gasteiger partial charge in [0.05, 0.1) is 40.8 Å². The van der Waals surface area contributed by atoms with Crippen LogP contribution in [-0.2, 0) is 20.8 Å². The minimum Gasteiger partial charge on any atom is -0.443 e. The first-order chi connectivity index (χ1) is 16.8. The van der Waals surface area contributed by atoms with Crippen molar-refractivity contribution in [1.82, 2.24) is 4.98 Å². The number of carbonyl (C=O) groups is 1. The van der Waals surface area contributed by atoms with E-state index in [1.54, 1.807) is 4.90 Å². The molecule has 0 atom stereocenters. The summed E-state index contributed by atoms with van der Waals surface area (Å²) in [4.78, 5) is 18.3. The number of aromatic nitrogens is 1. The molecule has 1 amide bonds. The van der Waals surface area contributed by atoms with Gasteiger partial charge in [-0.3, -0.25) is 4.90 Å². The molecule has 1 aromatic heterocycles. The van der Waals surface area contributed by atoms with Crippen LogP contribution in [0.3, 0.4) is 0 Å². The zero-order valence-corrected chi connectivity index (χ0v) is 21.6. The molecule has 5 rings (SSSR count). The van der Waals surface area contributed by atoms with Gasteiger partial charge in [0.25, 0.3) is 0 Å². The molecule has 3 aliphatic heterocycles. The van der Waals surface area contributed by atoms with Crippen LogP contribution < -0.4 is 15.6 Å². The van der Waals surface area contributed by atoms with Crippen LogP contribution in [0.5, 0.6) is 0 Å². The molecular weight excluding hydrogens is 468 g/mol. The van der Waals surface area contributed by atoms with Gasteiger partial charge in [-0.05, 0) is 71.4 Å². The number of allylic oxidation sites excluding steroid dienone is 1. The first-order valence-electron chi connectivity index (χ1n) is 12.7. The summed E-state index contributed by atoms with van der Waals surface area (Å²) in [6.45, 7) is 7.96. The van der Waals surface area contributed by atoms with Crippen LogP contribution in [-0.4, -0.2) is 48.6 Å². The van der Waals surface area contributed by atoms with E-state index in [4.69, 9.17) is 25.8 Å². The van der Waals surface area contributed by atoms with Gasteiger partial charge in [-0.1, -0.05) is 11.6 Å². The number of hydrogen-bond donors (Lipinski definition) is 1. The van der Waals surface area contributed by atoms with Gasteiger partial charge < -0.3 is 19.2 Å². The SMILES string of the molecule is CC(C)(C)OC(=O)N1CC=C(Cl)C=c2[nH]c3c(c21)CN=NC=3[C@H]1CC[C@@H](OC2CCOCC2)CC1. The maximum absolute atomic E-state index is 13.1. The van der Waals surface area contributed by atoms with E-state index in [0.717, 1.165) is 79.4 Å². The molecule has 0 unspecified atom stereocenters. The summed E-state index contributed by atoms with van der Waals surface area (Å²) in [5.74, 6) is 0.302. The maximum Gasteiger partial charge on any atom is 0.415 e. The number of anilines is 1. The highest BCUT2D eigenvalue weighted by atomic mass is 35.5. The molecule has 1 aliphatic carbocycles. The fourth-order valence-corrected chi connectivity index (χ4v) is 5.54. The fourth-order valence-electron chi connectivity index (χ4n) is 5.36. The van der Waals surface area contributed by atoms with E-state index in [2.05, 4.69) is 15.2 Å². The van der Waals surface area contributed by atoms with E-state index in [1.807, 2.05) is 32.9 Å². The average molecular weight is 503 g/mol. The third kappa shape index (κ3) is 5.49. The highest BCUT2D eigenvalue weighted by Crippen LogP contribution is 2.35. The number of nitrogens with one attached hydrogen (secondary N) is 1. The maximum atomic E-state index is 13.1. The van der Waals surface area contributed by atoms with Crippen LogP contribution in [0.4, 0.5) is 10.5 Å². The topological polar surface area (TPSA) is 88.5 Å². The van der Waals surface area contributed by atoms with Crippen LogP contribution in [0.1, 0.15) is 64.9 Å². The zero-order valence-electron chi connectivity index (χ0n) is 20.8. The van der Waals surface area contributed by atoms with Crippen molar-refractivity contribution < 1.29 is 19.0 Å². The van der Waals surface area contributed by atoms with Crippen LogP contribution in [0.25, 0.3) is 11.8 Å². The summed E-state index contributed by atoms with van der Waals surface area (Å²) in [6, 6.07) is 0. The Kier molecular flexibility index (Phi) is 7.06. The van der Waals surface area contributed by atoms with Gasteiger partial charge >= 0.3 is 6.09 Å². The normalized spacial score (nSPS) is 25.3. The molecule has 1 aromatic rings. The second-order valence-electron chi connectivity index (χ2n) is 10.8. The van der Waals surface area contributed by atoms with E-state index < -0.39 is 11.7 Å². The van der Waals surface area contributed by atoms with E-state index in [1.165, 1.54) is 0 Å². The lowest BCUT2D eigenvalue weighted by molar-refractivity contribution is -0.0801. The van der Waals surface area contributed by atoms with Crippen LogP contribution in [0.2, 0.25) is 0 Å². The van der Waals surface area contributed by atoms with Crippen molar-refractivity contribution in [3.63, 3.8) is 0 Å². The summed E-state index contributed by atoms with van der Waals surface area (Å²) >= 11 is 6.43. The molecule has 0 radical (unpaired) electrons. The summed E-state index contributed by atoms with van der Waals surface area (Å²) in [5.41, 5.74) is 2.14. The number of aromatic amines is 1. The number of azo groups is 1. The highest BCUT2D eigenvalue weighted by molar-refractivity contribution is 6.34. The Morgan fingerprint density at radius 3 is 2.57 bits per heavy atom. The predicted molar refractivity (Wildman–Crippen MR) is 135 cm³/mol. The van der Waals surface area contributed by atoms with E-state index in [0.29, 0.717) is 36.2 Å². The van der Waals surface area contributed by atoms with E-state index in [-0.39, 0.29) is 0 Å². The largest absolute Gasteiger partial charge is 0.443 e. The van der Waals surface area contributed by atoms with Crippen molar-refractivity contribution in [2.24, 2.45) is 16.1 Å². The Balaban J connectivity index is 1.42. The quantitative estimate of drug-likeness (QED) is 0.659. The molecule has 2 fully saturated rings. The molecule has 8 nitrogen and oxygen atoms in total. The lowest BCUT2D eigenvalue weighted by Crippen LogP contribution is -2.39. The molecule has 35 heavy (non-hydrogen) atoms. The van der Waals surface area contributed by atoms with E-state index in [9.17, 15) is 4.79 Å². The molecule has 0 aromatic carbocycles. The summed E-state index contributed by atoms with van der Waals surface area (Å²) < 4.78 is 17.5. The predicted octanol–water partition coefficient (Wildman–Crippen LogP) is 4.50. The number of amides is 1. The monoisotopic (exact) mass is 502 g/mol. The summed E-state index contributed by atoms with van der Waals surface area (Å²) in [5, 5.41) is 11.4. The molecule has 4 aliphatic rings. The number of nitrogens with zero attached hydrogens (tertiary/aromatic N) is 3. The molecular formula is C26H35ClN4O4.